The van der Waals surface area contributed by atoms with Crippen LogP contribution in [0.15, 0.2) is 4.99 Å². The number of thioether (sulfide) groups is 1. The molecule has 2 aliphatic rings. The average Bonchev–Trinajstić information content (AvgIpc) is 2.80. The molecule has 3 N–H and O–H groups in total. The Hall–Kier alpha value is -0.340. The van der Waals surface area contributed by atoms with E-state index in [-0.39, 0.29) is 12.0 Å². The molecule has 6 nitrogen and oxygen atoms in total. The maximum absolute atomic E-state index is 10.1. The topological polar surface area (TPSA) is 85.5 Å². The van der Waals surface area contributed by atoms with Gasteiger partial charge in [0, 0.05) is 20.2 Å². The fraction of sp³-hybridized carbons (Fsp3) is 0.917. The summed E-state index contributed by atoms with van der Waals surface area (Å²) in [6.07, 6.45) is -1.11. The quantitative estimate of drug-likeness (QED) is 0.655. The third-order valence-electron chi connectivity index (χ3n) is 3.45. The highest BCUT2D eigenvalue weighted by atomic mass is 32.2. The summed E-state index contributed by atoms with van der Waals surface area (Å²) < 4.78 is 5.74. The van der Waals surface area contributed by atoms with Crippen molar-refractivity contribution < 1.29 is 20.1 Å². The maximum atomic E-state index is 10.1. The molecule has 0 amide bonds. The van der Waals surface area contributed by atoms with Crippen LogP contribution >= 0.6 is 11.8 Å². The van der Waals surface area contributed by atoms with Crippen molar-refractivity contribution in [1.29, 1.82) is 0 Å². The Morgan fingerprint density at radius 2 is 2.11 bits per heavy atom. The van der Waals surface area contributed by atoms with Crippen LogP contribution in [0, 0.1) is 0 Å². The Bertz CT molecular complexity index is 342. The van der Waals surface area contributed by atoms with E-state index in [2.05, 4.69) is 11.9 Å². The molecule has 7 heteroatoms. The molecule has 0 aromatic carbocycles. The summed E-state index contributed by atoms with van der Waals surface area (Å²) in [5.41, 5.74) is -0.274. The van der Waals surface area contributed by atoms with E-state index in [9.17, 15) is 10.2 Å². The van der Waals surface area contributed by atoms with Crippen LogP contribution in [0.25, 0.3) is 0 Å². The number of fused-ring (bicyclic) bond motifs is 1. The van der Waals surface area contributed by atoms with Gasteiger partial charge in [0.25, 0.3) is 0 Å². The van der Waals surface area contributed by atoms with Gasteiger partial charge in [-0.3, -0.25) is 4.99 Å². The molecule has 0 spiro atoms. The van der Waals surface area contributed by atoms with Crippen LogP contribution in [0.3, 0.4) is 0 Å². The van der Waals surface area contributed by atoms with Gasteiger partial charge < -0.3 is 25.0 Å². The van der Waals surface area contributed by atoms with E-state index in [0.29, 0.717) is 6.42 Å². The molecule has 110 valence electrons. The monoisotopic (exact) mass is 290 g/mol. The molecule has 2 rings (SSSR count). The molecule has 0 saturated carbocycles. The average molecular weight is 290 g/mol. The molecule has 0 radical (unpaired) electrons. The first kappa shape index (κ1) is 15.1. The molecule has 1 fully saturated rings. The zero-order chi connectivity index (χ0) is 14.0. The van der Waals surface area contributed by atoms with E-state index >= 15 is 0 Å². The van der Waals surface area contributed by atoms with Crippen LogP contribution in [-0.4, -0.2) is 75.4 Å². The zero-order valence-corrected chi connectivity index (χ0v) is 12.1. The summed E-state index contributed by atoms with van der Waals surface area (Å²) in [4.78, 5) is 6.50. The fourth-order valence-electron chi connectivity index (χ4n) is 2.40. The molecular weight excluding hydrogens is 268 g/mol. The van der Waals surface area contributed by atoms with Crippen molar-refractivity contribution in [3.05, 3.63) is 0 Å². The number of amidine groups is 1. The van der Waals surface area contributed by atoms with Crippen LogP contribution in [0.2, 0.25) is 0 Å². The summed E-state index contributed by atoms with van der Waals surface area (Å²) in [6, 6.07) is -0.427. The summed E-state index contributed by atoms with van der Waals surface area (Å²) in [5, 5.41) is 29.9. The number of rotatable bonds is 4. The van der Waals surface area contributed by atoms with E-state index < -0.39 is 24.4 Å². The second kappa shape index (κ2) is 6.41. The highest BCUT2D eigenvalue weighted by Gasteiger charge is 2.48. The first-order chi connectivity index (χ1) is 9.08. The first-order valence-electron chi connectivity index (χ1n) is 6.66. The first-order valence-corrected chi connectivity index (χ1v) is 7.54. The molecule has 0 aromatic heterocycles. The lowest BCUT2D eigenvalue weighted by atomic mass is 9.96. The van der Waals surface area contributed by atoms with Crippen molar-refractivity contribution in [2.45, 2.75) is 49.6 Å². The lowest BCUT2D eigenvalue weighted by Crippen LogP contribution is -2.54. The standard InChI is InChI=1S/C12H22N2O4S/c1-3-5-14(2)12-13-8-10(17)9(16)7(4-6-15)18-11(8)19-12/h7-11,15-17H,3-6H2,1-2H3/t7-,8-,9-,10-,11-/m1/s1. The van der Waals surface area contributed by atoms with Gasteiger partial charge in [-0.05, 0) is 12.8 Å². The lowest BCUT2D eigenvalue weighted by molar-refractivity contribution is -0.156. The van der Waals surface area contributed by atoms with Crippen molar-refractivity contribution >= 4 is 16.9 Å². The Labute approximate surface area is 117 Å². The predicted octanol–water partition coefficient (Wildman–Crippen LogP) is -0.371. The second-order valence-electron chi connectivity index (χ2n) is 4.98. The van der Waals surface area contributed by atoms with E-state index in [0.717, 1.165) is 18.1 Å². The number of hydrogen-bond donors (Lipinski definition) is 3. The molecule has 2 aliphatic heterocycles. The molecular formula is C12H22N2O4S. The molecule has 0 aromatic rings. The third kappa shape index (κ3) is 3.05. The molecule has 2 heterocycles. The highest BCUT2D eigenvalue weighted by Crippen LogP contribution is 2.37. The van der Waals surface area contributed by atoms with Crippen molar-refractivity contribution in [3.8, 4) is 0 Å². The van der Waals surface area contributed by atoms with Crippen molar-refractivity contribution in [2.24, 2.45) is 4.99 Å². The Balaban J connectivity index is 2.05. The molecule has 0 unspecified atom stereocenters. The molecule has 1 saturated heterocycles. The van der Waals surface area contributed by atoms with Crippen LogP contribution in [0.4, 0.5) is 0 Å². The van der Waals surface area contributed by atoms with Gasteiger partial charge in [0.15, 0.2) is 5.17 Å². The minimum atomic E-state index is -0.992. The van der Waals surface area contributed by atoms with Crippen molar-refractivity contribution in [2.75, 3.05) is 20.2 Å². The third-order valence-corrected chi connectivity index (χ3v) is 4.70. The van der Waals surface area contributed by atoms with E-state index in [4.69, 9.17) is 9.84 Å². The Morgan fingerprint density at radius 1 is 1.37 bits per heavy atom. The number of aliphatic imine (C=N–C) groups is 1. The highest BCUT2D eigenvalue weighted by molar-refractivity contribution is 8.14. The van der Waals surface area contributed by atoms with Gasteiger partial charge in [-0.2, -0.15) is 0 Å². The largest absolute Gasteiger partial charge is 0.396 e. The van der Waals surface area contributed by atoms with Crippen LogP contribution < -0.4 is 0 Å². The van der Waals surface area contributed by atoms with Gasteiger partial charge in [-0.1, -0.05) is 18.7 Å². The van der Waals surface area contributed by atoms with Crippen molar-refractivity contribution in [3.63, 3.8) is 0 Å². The normalized spacial score (nSPS) is 37.9. The summed E-state index contributed by atoms with van der Waals surface area (Å²) in [6.45, 7) is 2.92. The number of aliphatic hydroxyl groups excluding tert-OH is 3. The minimum absolute atomic E-state index is 0.0695. The number of hydrogen-bond acceptors (Lipinski definition) is 7. The van der Waals surface area contributed by atoms with E-state index in [1.54, 1.807) is 0 Å². The smallest absolute Gasteiger partial charge is 0.162 e. The Morgan fingerprint density at radius 3 is 2.74 bits per heavy atom. The number of aliphatic hydroxyl groups is 3. The van der Waals surface area contributed by atoms with Gasteiger partial charge in [-0.15, -0.1) is 0 Å². The van der Waals surface area contributed by atoms with Gasteiger partial charge >= 0.3 is 0 Å². The lowest BCUT2D eigenvalue weighted by Gasteiger charge is -2.38. The SMILES string of the molecule is CCCN(C)C1=N[C@@H]2[C@@H](O)[C@H](O)[C@@H](CCO)O[C@@H]2S1. The summed E-state index contributed by atoms with van der Waals surface area (Å²) in [7, 11) is 1.96. The van der Waals surface area contributed by atoms with Gasteiger partial charge in [0.1, 0.15) is 23.7 Å². The molecule has 5 atom stereocenters. The maximum Gasteiger partial charge on any atom is 0.162 e. The van der Waals surface area contributed by atoms with Crippen LogP contribution in [0.5, 0.6) is 0 Å². The molecule has 19 heavy (non-hydrogen) atoms. The molecule has 0 bridgehead atoms. The summed E-state index contributed by atoms with van der Waals surface area (Å²) in [5.74, 6) is 0. The predicted molar refractivity (Wildman–Crippen MR) is 74.1 cm³/mol. The molecule has 0 aliphatic carbocycles. The van der Waals surface area contributed by atoms with Crippen molar-refractivity contribution in [1.82, 2.24) is 4.90 Å². The Kier molecular flexibility index (Phi) is 5.08. The zero-order valence-electron chi connectivity index (χ0n) is 11.3. The van der Waals surface area contributed by atoms with Crippen LogP contribution in [-0.2, 0) is 4.74 Å². The minimum Gasteiger partial charge on any atom is -0.396 e. The number of ether oxygens (including phenoxy) is 1. The van der Waals surface area contributed by atoms with E-state index in [1.807, 2.05) is 11.9 Å². The van der Waals surface area contributed by atoms with Gasteiger partial charge in [0.05, 0.1) is 6.10 Å². The van der Waals surface area contributed by atoms with Crippen LogP contribution in [0.1, 0.15) is 19.8 Å². The van der Waals surface area contributed by atoms with Gasteiger partial charge in [0.2, 0.25) is 0 Å². The summed E-state index contributed by atoms with van der Waals surface area (Å²) >= 11 is 1.48. The number of nitrogens with zero attached hydrogens (tertiary/aromatic N) is 2. The van der Waals surface area contributed by atoms with Gasteiger partial charge in [-0.25, -0.2) is 0 Å². The van der Waals surface area contributed by atoms with E-state index in [1.165, 1.54) is 11.8 Å². The second-order valence-corrected chi connectivity index (χ2v) is 6.04. The fourth-order valence-corrected chi connectivity index (χ4v) is 3.62.